The lowest BCUT2D eigenvalue weighted by Gasteiger charge is -2.09. The number of hydrogen-bond acceptors (Lipinski definition) is 4. The first-order valence-corrected chi connectivity index (χ1v) is 8.40. The average molecular weight is 383 g/mol. The highest BCUT2D eigenvalue weighted by atomic mass is 35.5. The third-order valence-corrected chi connectivity index (χ3v) is 4.01. The largest absolute Gasteiger partial charge is 0.290 e. The smallest absolute Gasteiger partial charge is 0.268 e. The van der Waals surface area contributed by atoms with Crippen molar-refractivity contribution in [2.45, 2.75) is 6.54 Å². The van der Waals surface area contributed by atoms with Crippen molar-refractivity contribution in [3.8, 4) is 0 Å². The van der Waals surface area contributed by atoms with Gasteiger partial charge in [-0.2, -0.15) is 5.10 Å². The lowest BCUT2D eigenvalue weighted by molar-refractivity contribution is 0.0842. The third kappa shape index (κ3) is 4.59. The zero-order valence-corrected chi connectivity index (χ0v) is 14.8. The van der Waals surface area contributed by atoms with Crippen molar-refractivity contribution in [1.29, 1.82) is 0 Å². The van der Waals surface area contributed by atoms with E-state index in [1.165, 1.54) is 22.9 Å². The molecular formula is C19H15ClN4O3. The molecule has 136 valence electrons. The number of rotatable bonds is 4. The molecule has 27 heavy (non-hydrogen) atoms. The predicted octanol–water partition coefficient (Wildman–Crippen LogP) is 2.02. The van der Waals surface area contributed by atoms with E-state index in [1.807, 2.05) is 30.3 Å². The average Bonchev–Trinajstić information content (AvgIpc) is 2.68. The van der Waals surface area contributed by atoms with Crippen LogP contribution in [0.15, 0.2) is 71.5 Å². The molecule has 0 aliphatic carbocycles. The minimum atomic E-state index is -0.655. The zero-order valence-electron chi connectivity index (χ0n) is 14.1. The molecular weight excluding hydrogens is 368 g/mol. The molecule has 1 heterocycles. The maximum Gasteiger partial charge on any atom is 0.290 e. The number of amides is 2. The molecule has 0 aliphatic heterocycles. The van der Waals surface area contributed by atoms with Gasteiger partial charge in [0.25, 0.3) is 17.4 Å². The predicted molar refractivity (Wildman–Crippen MR) is 100 cm³/mol. The number of benzene rings is 2. The summed E-state index contributed by atoms with van der Waals surface area (Å²) < 4.78 is 1.18. The van der Waals surface area contributed by atoms with E-state index in [9.17, 15) is 14.4 Å². The third-order valence-electron chi connectivity index (χ3n) is 3.68. The van der Waals surface area contributed by atoms with Gasteiger partial charge < -0.3 is 0 Å². The summed E-state index contributed by atoms with van der Waals surface area (Å²) in [7, 11) is 0. The second-order valence-electron chi connectivity index (χ2n) is 5.59. The maximum atomic E-state index is 12.2. The molecule has 0 saturated heterocycles. The van der Waals surface area contributed by atoms with Crippen LogP contribution in [-0.4, -0.2) is 21.6 Å². The molecule has 3 rings (SSSR count). The molecule has 0 atom stereocenters. The van der Waals surface area contributed by atoms with Crippen LogP contribution in [0.2, 0.25) is 5.02 Å². The molecule has 0 saturated carbocycles. The van der Waals surface area contributed by atoms with Crippen LogP contribution >= 0.6 is 11.6 Å². The Balaban J connectivity index is 1.70. The van der Waals surface area contributed by atoms with Gasteiger partial charge in [0.15, 0.2) is 5.69 Å². The highest BCUT2D eigenvalue weighted by Gasteiger charge is 2.13. The fourth-order valence-electron chi connectivity index (χ4n) is 2.33. The van der Waals surface area contributed by atoms with Crippen LogP contribution in [-0.2, 0) is 6.54 Å². The number of nitrogens with one attached hydrogen (secondary N) is 2. The number of carbonyl (C=O) groups excluding carboxylic acids is 2. The topological polar surface area (TPSA) is 93.1 Å². The van der Waals surface area contributed by atoms with Crippen LogP contribution in [0.5, 0.6) is 0 Å². The van der Waals surface area contributed by atoms with Crippen LogP contribution in [0.1, 0.15) is 26.4 Å². The summed E-state index contributed by atoms with van der Waals surface area (Å²) in [5.74, 6) is -1.22. The van der Waals surface area contributed by atoms with E-state index in [0.29, 0.717) is 0 Å². The van der Waals surface area contributed by atoms with E-state index < -0.39 is 11.8 Å². The van der Waals surface area contributed by atoms with Crippen molar-refractivity contribution in [2.24, 2.45) is 0 Å². The van der Waals surface area contributed by atoms with Crippen LogP contribution in [0.4, 0.5) is 0 Å². The Morgan fingerprint density at radius 2 is 1.56 bits per heavy atom. The van der Waals surface area contributed by atoms with Crippen molar-refractivity contribution >= 4 is 23.4 Å². The van der Waals surface area contributed by atoms with Gasteiger partial charge in [0.1, 0.15) is 0 Å². The number of carbonyl (C=O) groups is 2. The molecule has 8 heteroatoms. The normalized spacial score (nSPS) is 10.3. The molecule has 2 N–H and O–H groups in total. The van der Waals surface area contributed by atoms with Gasteiger partial charge in [-0.15, -0.1) is 0 Å². The Kier molecular flexibility index (Phi) is 5.63. The van der Waals surface area contributed by atoms with Crippen LogP contribution < -0.4 is 16.4 Å². The first-order chi connectivity index (χ1) is 13.0. The van der Waals surface area contributed by atoms with E-state index in [4.69, 9.17) is 11.6 Å². The molecule has 7 nitrogen and oxygen atoms in total. The number of hydrogen-bond donors (Lipinski definition) is 2. The zero-order chi connectivity index (χ0) is 19.2. The molecule has 0 bridgehead atoms. The van der Waals surface area contributed by atoms with E-state index in [1.54, 1.807) is 18.2 Å². The number of nitrogens with zero attached hydrogens (tertiary/aromatic N) is 2. The van der Waals surface area contributed by atoms with E-state index in [0.717, 1.165) is 5.56 Å². The summed E-state index contributed by atoms with van der Waals surface area (Å²) in [5, 5.41) is 4.31. The molecule has 0 aliphatic rings. The second-order valence-corrected chi connectivity index (χ2v) is 6.00. The van der Waals surface area contributed by atoms with Gasteiger partial charge in [-0.3, -0.25) is 25.2 Å². The SMILES string of the molecule is O=C(NNC(=O)c1ccccc1Cl)c1ccc(=O)n(Cc2ccccc2)n1. The van der Waals surface area contributed by atoms with Gasteiger partial charge in [-0.25, -0.2) is 4.68 Å². The summed E-state index contributed by atoms with van der Waals surface area (Å²) >= 11 is 5.94. The number of hydrazine groups is 1. The van der Waals surface area contributed by atoms with Crippen molar-refractivity contribution in [3.63, 3.8) is 0 Å². The highest BCUT2D eigenvalue weighted by Crippen LogP contribution is 2.14. The number of halogens is 1. The Morgan fingerprint density at radius 1 is 0.889 bits per heavy atom. The summed E-state index contributed by atoms with van der Waals surface area (Å²) in [5.41, 5.74) is 5.28. The standard InChI is InChI=1S/C19H15ClN4O3/c20-15-9-5-4-8-14(15)18(26)21-22-19(27)16-10-11-17(25)24(23-16)12-13-6-2-1-3-7-13/h1-11H,12H2,(H,21,26)(H,22,27). The summed E-state index contributed by atoms with van der Waals surface area (Å²) in [6.07, 6.45) is 0. The summed E-state index contributed by atoms with van der Waals surface area (Å²) in [6.45, 7) is 0.229. The lowest BCUT2D eigenvalue weighted by atomic mass is 10.2. The molecule has 3 aromatic rings. The molecule has 2 aromatic carbocycles. The summed E-state index contributed by atoms with van der Waals surface area (Å²) in [6, 6.07) is 18.3. The van der Waals surface area contributed by atoms with Crippen LogP contribution in [0, 0.1) is 0 Å². The van der Waals surface area contributed by atoms with Crippen LogP contribution in [0.3, 0.4) is 0 Å². The van der Waals surface area contributed by atoms with E-state index in [-0.39, 0.29) is 28.4 Å². The van der Waals surface area contributed by atoms with Gasteiger partial charge in [0, 0.05) is 6.07 Å². The molecule has 0 fully saturated rings. The van der Waals surface area contributed by atoms with Gasteiger partial charge in [0.05, 0.1) is 17.1 Å². The van der Waals surface area contributed by atoms with Crippen molar-refractivity contribution < 1.29 is 9.59 Å². The fourth-order valence-corrected chi connectivity index (χ4v) is 2.55. The van der Waals surface area contributed by atoms with Gasteiger partial charge in [-0.1, -0.05) is 54.1 Å². The minimum Gasteiger partial charge on any atom is -0.268 e. The van der Waals surface area contributed by atoms with Gasteiger partial charge in [0.2, 0.25) is 0 Å². The van der Waals surface area contributed by atoms with Crippen molar-refractivity contribution in [2.75, 3.05) is 0 Å². The first kappa shape index (κ1) is 18.3. The molecule has 0 radical (unpaired) electrons. The Labute approximate surface area is 159 Å². The number of aromatic nitrogens is 2. The van der Waals surface area contributed by atoms with Crippen molar-refractivity contribution in [3.05, 3.63) is 98.9 Å². The fraction of sp³-hybridized carbons (Fsp3) is 0.0526. The Bertz CT molecular complexity index is 1030. The lowest BCUT2D eigenvalue weighted by Crippen LogP contribution is -2.42. The molecule has 1 aromatic heterocycles. The monoisotopic (exact) mass is 382 g/mol. The Morgan fingerprint density at radius 3 is 2.30 bits per heavy atom. The van der Waals surface area contributed by atoms with Gasteiger partial charge >= 0.3 is 0 Å². The molecule has 0 spiro atoms. The second kappa shape index (κ2) is 8.29. The molecule has 2 amide bonds. The Hall–Kier alpha value is -3.45. The van der Waals surface area contributed by atoms with Crippen molar-refractivity contribution in [1.82, 2.24) is 20.6 Å². The molecule has 0 unspecified atom stereocenters. The van der Waals surface area contributed by atoms with Crippen LogP contribution in [0.25, 0.3) is 0 Å². The van der Waals surface area contributed by atoms with E-state index >= 15 is 0 Å². The summed E-state index contributed by atoms with van der Waals surface area (Å²) in [4.78, 5) is 36.3. The highest BCUT2D eigenvalue weighted by molar-refractivity contribution is 6.33. The van der Waals surface area contributed by atoms with Gasteiger partial charge in [-0.05, 0) is 23.8 Å². The first-order valence-electron chi connectivity index (χ1n) is 8.02. The quantitative estimate of drug-likeness (QED) is 0.675. The minimum absolute atomic E-state index is 0.00927. The van der Waals surface area contributed by atoms with E-state index in [2.05, 4.69) is 16.0 Å². The maximum absolute atomic E-state index is 12.2.